The van der Waals surface area contributed by atoms with E-state index in [1.807, 2.05) is 55.5 Å². The predicted octanol–water partition coefficient (Wildman–Crippen LogP) is 3.64. The van der Waals surface area contributed by atoms with Crippen molar-refractivity contribution in [2.45, 2.75) is 13.3 Å². The molecule has 1 aromatic heterocycles. The van der Waals surface area contributed by atoms with E-state index in [-0.39, 0.29) is 5.91 Å². The zero-order chi connectivity index (χ0) is 19.8. The lowest BCUT2D eigenvalue weighted by Gasteiger charge is -2.08. The van der Waals surface area contributed by atoms with Crippen LogP contribution in [-0.2, 0) is 0 Å². The Hall–Kier alpha value is -3.61. The topological polar surface area (TPSA) is 88.6 Å². The maximum absolute atomic E-state index is 12.3. The van der Waals surface area contributed by atoms with Gasteiger partial charge < -0.3 is 9.47 Å². The molecule has 0 radical (unpaired) electrons. The molecule has 0 unspecified atom stereocenters. The molecule has 7 heteroatoms. The average Bonchev–Trinajstić information content (AvgIpc) is 3.23. The van der Waals surface area contributed by atoms with E-state index in [0.29, 0.717) is 18.0 Å². The third-order valence-electron chi connectivity index (χ3n) is 3.94. The summed E-state index contributed by atoms with van der Waals surface area (Å²) < 4.78 is 10.9. The fourth-order valence-electron chi connectivity index (χ4n) is 2.51. The van der Waals surface area contributed by atoms with Crippen LogP contribution in [0.4, 0.5) is 0 Å². The van der Waals surface area contributed by atoms with E-state index in [2.05, 4.69) is 20.7 Å². The molecule has 28 heavy (non-hydrogen) atoms. The highest BCUT2D eigenvalue weighted by Crippen LogP contribution is 2.28. The third-order valence-corrected chi connectivity index (χ3v) is 3.94. The van der Waals surface area contributed by atoms with Crippen LogP contribution in [0.15, 0.2) is 59.7 Å². The van der Waals surface area contributed by atoms with E-state index in [1.165, 1.54) is 0 Å². The van der Waals surface area contributed by atoms with E-state index in [9.17, 15) is 4.79 Å². The summed E-state index contributed by atoms with van der Waals surface area (Å²) in [5, 5.41) is 10.9. The van der Waals surface area contributed by atoms with E-state index >= 15 is 0 Å². The van der Waals surface area contributed by atoms with Gasteiger partial charge in [-0.15, -0.1) is 0 Å². The number of ether oxygens (including phenoxy) is 2. The van der Waals surface area contributed by atoms with Gasteiger partial charge >= 0.3 is 0 Å². The molecule has 0 bridgehead atoms. The SMILES string of the molecule is CCCOc1ccccc1-c1cc(C(=O)N/N=C/c2ccc(OC)cc2)[nH]n1. The lowest BCUT2D eigenvalue weighted by Crippen LogP contribution is -2.17. The Labute approximate surface area is 163 Å². The normalized spacial score (nSPS) is 10.8. The largest absolute Gasteiger partial charge is 0.497 e. The number of hydrogen-bond donors (Lipinski definition) is 2. The Morgan fingerprint density at radius 1 is 1.21 bits per heavy atom. The first-order valence-electron chi connectivity index (χ1n) is 8.96. The Kier molecular flexibility index (Phi) is 6.41. The number of hydrazone groups is 1. The number of nitrogens with zero attached hydrogens (tertiary/aromatic N) is 2. The number of methoxy groups -OCH3 is 1. The van der Waals surface area contributed by atoms with Crippen LogP contribution in [0.2, 0.25) is 0 Å². The number of benzene rings is 2. The summed E-state index contributed by atoms with van der Waals surface area (Å²) in [4.78, 5) is 12.3. The Morgan fingerprint density at radius 2 is 2.00 bits per heavy atom. The molecule has 2 aromatic carbocycles. The van der Waals surface area contributed by atoms with Crippen molar-refractivity contribution in [2.24, 2.45) is 5.10 Å². The summed E-state index contributed by atoms with van der Waals surface area (Å²) in [7, 11) is 1.61. The van der Waals surface area contributed by atoms with Crippen LogP contribution in [0, 0.1) is 0 Å². The summed E-state index contributed by atoms with van der Waals surface area (Å²) in [5.41, 5.74) is 5.10. The van der Waals surface area contributed by atoms with Crippen molar-refractivity contribution in [3.05, 3.63) is 65.9 Å². The molecule has 0 aliphatic carbocycles. The van der Waals surface area contributed by atoms with Crippen LogP contribution in [0.1, 0.15) is 29.4 Å². The summed E-state index contributed by atoms with van der Waals surface area (Å²) in [6.45, 7) is 2.67. The zero-order valence-electron chi connectivity index (χ0n) is 15.8. The fourth-order valence-corrected chi connectivity index (χ4v) is 2.51. The van der Waals surface area contributed by atoms with E-state index in [0.717, 1.165) is 29.0 Å². The summed E-state index contributed by atoms with van der Waals surface area (Å²) in [6.07, 6.45) is 2.47. The van der Waals surface area contributed by atoms with Crippen LogP contribution in [0.5, 0.6) is 11.5 Å². The van der Waals surface area contributed by atoms with Crippen LogP contribution >= 0.6 is 0 Å². The number of rotatable bonds is 8. The average molecular weight is 378 g/mol. The lowest BCUT2D eigenvalue weighted by atomic mass is 10.1. The van der Waals surface area contributed by atoms with Crippen molar-refractivity contribution in [1.29, 1.82) is 0 Å². The second-order valence-electron chi connectivity index (χ2n) is 5.98. The standard InChI is InChI=1S/C21H22N4O3/c1-3-12-28-20-7-5-4-6-17(20)18-13-19(24-23-18)21(26)25-22-14-15-8-10-16(27-2)11-9-15/h4-11,13-14H,3,12H2,1-2H3,(H,23,24)(H,25,26)/b22-14+. The van der Waals surface area contributed by atoms with Gasteiger partial charge in [0.25, 0.3) is 5.91 Å². The van der Waals surface area contributed by atoms with Crippen molar-refractivity contribution in [3.63, 3.8) is 0 Å². The molecule has 0 fully saturated rings. The summed E-state index contributed by atoms with van der Waals surface area (Å²) in [5.74, 6) is 1.12. The molecule has 144 valence electrons. The van der Waals surface area contributed by atoms with Crippen LogP contribution in [0.25, 0.3) is 11.3 Å². The monoisotopic (exact) mass is 378 g/mol. The predicted molar refractivity (Wildman–Crippen MR) is 108 cm³/mol. The Morgan fingerprint density at radius 3 is 2.75 bits per heavy atom. The Balaban J connectivity index is 1.66. The first kappa shape index (κ1) is 19.2. The molecule has 0 aliphatic heterocycles. The summed E-state index contributed by atoms with van der Waals surface area (Å²) >= 11 is 0. The quantitative estimate of drug-likeness (QED) is 0.463. The number of hydrogen-bond acceptors (Lipinski definition) is 5. The highest BCUT2D eigenvalue weighted by molar-refractivity contribution is 5.94. The van der Waals surface area contributed by atoms with Gasteiger partial charge in [0, 0.05) is 5.56 Å². The van der Waals surface area contributed by atoms with Gasteiger partial charge in [-0.3, -0.25) is 9.89 Å². The minimum absolute atomic E-state index is 0.312. The van der Waals surface area contributed by atoms with E-state index < -0.39 is 0 Å². The van der Waals surface area contributed by atoms with Gasteiger partial charge in [0.15, 0.2) is 0 Å². The van der Waals surface area contributed by atoms with Gasteiger partial charge in [0.2, 0.25) is 0 Å². The van der Waals surface area contributed by atoms with Crippen molar-refractivity contribution in [2.75, 3.05) is 13.7 Å². The van der Waals surface area contributed by atoms with Gasteiger partial charge in [-0.05, 0) is 54.4 Å². The molecule has 1 heterocycles. The van der Waals surface area contributed by atoms with Gasteiger partial charge in [0.05, 0.1) is 25.6 Å². The number of aromatic amines is 1. The second kappa shape index (κ2) is 9.36. The number of carbonyl (C=O) groups excluding carboxylic acids is 1. The number of carbonyl (C=O) groups is 1. The smallest absolute Gasteiger partial charge is 0.289 e. The molecule has 1 amide bonds. The number of nitrogens with one attached hydrogen (secondary N) is 2. The number of para-hydroxylation sites is 1. The van der Waals surface area contributed by atoms with Crippen LogP contribution < -0.4 is 14.9 Å². The van der Waals surface area contributed by atoms with Crippen molar-refractivity contribution < 1.29 is 14.3 Å². The van der Waals surface area contributed by atoms with Crippen molar-refractivity contribution >= 4 is 12.1 Å². The van der Waals surface area contributed by atoms with Crippen molar-refractivity contribution in [1.82, 2.24) is 15.6 Å². The van der Waals surface area contributed by atoms with Crippen LogP contribution in [0.3, 0.4) is 0 Å². The number of H-pyrrole nitrogens is 1. The fraction of sp³-hybridized carbons (Fsp3) is 0.190. The molecule has 7 nitrogen and oxygen atoms in total. The lowest BCUT2D eigenvalue weighted by molar-refractivity contribution is 0.0950. The molecule has 3 aromatic rings. The molecular weight excluding hydrogens is 356 g/mol. The number of aromatic nitrogens is 2. The zero-order valence-corrected chi connectivity index (χ0v) is 15.8. The highest BCUT2D eigenvalue weighted by atomic mass is 16.5. The molecule has 0 atom stereocenters. The van der Waals surface area contributed by atoms with E-state index in [1.54, 1.807) is 19.4 Å². The summed E-state index contributed by atoms with van der Waals surface area (Å²) in [6, 6.07) is 16.6. The maximum Gasteiger partial charge on any atom is 0.289 e. The first-order valence-corrected chi connectivity index (χ1v) is 8.96. The van der Waals surface area contributed by atoms with Gasteiger partial charge in [-0.25, -0.2) is 5.43 Å². The molecule has 0 saturated heterocycles. The van der Waals surface area contributed by atoms with E-state index in [4.69, 9.17) is 9.47 Å². The van der Waals surface area contributed by atoms with Gasteiger partial charge in [-0.2, -0.15) is 10.2 Å². The van der Waals surface area contributed by atoms with Gasteiger partial charge in [0.1, 0.15) is 17.2 Å². The van der Waals surface area contributed by atoms with Crippen LogP contribution in [-0.4, -0.2) is 36.0 Å². The minimum Gasteiger partial charge on any atom is -0.497 e. The molecule has 0 saturated carbocycles. The van der Waals surface area contributed by atoms with Crippen molar-refractivity contribution in [3.8, 4) is 22.8 Å². The maximum atomic E-state index is 12.3. The molecule has 2 N–H and O–H groups in total. The number of amides is 1. The first-order chi connectivity index (χ1) is 13.7. The molecule has 3 rings (SSSR count). The second-order valence-corrected chi connectivity index (χ2v) is 5.98. The molecular formula is C21H22N4O3. The molecule has 0 spiro atoms. The third kappa shape index (κ3) is 4.76. The minimum atomic E-state index is -0.379. The highest BCUT2D eigenvalue weighted by Gasteiger charge is 2.13. The Bertz CT molecular complexity index is 948. The molecule has 0 aliphatic rings. The van der Waals surface area contributed by atoms with Gasteiger partial charge in [-0.1, -0.05) is 19.1 Å².